The van der Waals surface area contributed by atoms with Crippen LogP contribution in [0.3, 0.4) is 0 Å². The third-order valence-electron chi connectivity index (χ3n) is 15.4. The van der Waals surface area contributed by atoms with Crippen molar-refractivity contribution in [3.8, 4) is 5.75 Å². The lowest BCUT2D eigenvalue weighted by Crippen LogP contribution is -2.65. The predicted octanol–water partition coefficient (Wildman–Crippen LogP) is -2.27. The summed E-state index contributed by atoms with van der Waals surface area (Å²) in [4.78, 5) is 103. The molecule has 0 bridgehead atoms. The zero-order valence-electron chi connectivity index (χ0n) is 47.5. The Labute approximate surface area is 469 Å². The smallest absolute Gasteiger partial charge is 0.248 e. The fourth-order valence-corrected chi connectivity index (χ4v) is 10.6. The standard InChI is InChI=1S/C55H94N10O15/c1-7-31(4)26-32(5)14-12-10-8-9-11-13-15-42(72)59-37-28-41(71)49(58-24-23-57-30(2)3)63-53(78)46-40(70)21-25-64(46)55(80)44(39(69)20-22-56)61-52(77)45(48(74)47(73)34-16-18-35(67)19-17-34)62-51(76)38-27-36(68)29-65(38)54(79)43(33(6)66)60-50(37)75/h16-19,30-33,36-41,43-49,57-58,66-71,73-74H,7-15,20-29,56H2,1-6H3,(H,59,72)(H,60,75)(H,61,77)(H,62,76)(H,63,78). The third-order valence-corrected chi connectivity index (χ3v) is 15.4. The van der Waals surface area contributed by atoms with Gasteiger partial charge in [0.2, 0.25) is 41.4 Å². The third kappa shape index (κ3) is 20.1. The van der Waals surface area contributed by atoms with Crippen LogP contribution in [0.4, 0.5) is 0 Å². The molecule has 0 aliphatic carbocycles. The molecule has 7 amide bonds. The predicted molar refractivity (Wildman–Crippen MR) is 294 cm³/mol. The highest BCUT2D eigenvalue weighted by atomic mass is 16.3. The average Bonchev–Trinajstić information content (AvgIpc) is 4.12. The van der Waals surface area contributed by atoms with Crippen LogP contribution in [0.2, 0.25) is 0 Å². The summed E-state index contributed by atoms with van der Waals surface area (Å²) in [6.45, 7) is 11.0. The quantitative estimate of drug-likeness (QED) is 0.0459. The van der Waals surface area contributed by atoms with Crippen molar-refractivity contribution in [2.24, 2.45) is 17.6 Å². The molecule has 16 unspecified atom stereocenters. The van der Waals surface area contributed by atoms with Crippen molar-refractivity contribution in [1.82, 2.24) is 47.0 Å². The molecule has 3 aliphatic rings. The topological polar surface area (TPSA) is 398 Å². The molecule has 454 valence electrons. The number of benzene rings is 1. The number of fused-ring (bicyclic) bond motifs is 2. The number of carbonyl (C=O) groups is 7. The molecule has 16 atom stereocenters. The van der Waals surface area contributed by atoms with Crippen molar-refractivity contribution in [3.63, 3.8) is 0 Å². The van der Waals surface area contributed by atoms with Crippen molar-refractivity contribution < 1.29 is 74.4 Å². The van der Waals surface area contributed by atoms with E-state index in [4.69, 9.17) is 5.73 Å². The van der Waals surface area contributed by atoms with E-state index >= 15 is 0 Å². The first-order valence-corrected chi connectivity index (χ1v) is 28.7. The maximum Gasteiger partial charge on any atom is 0.248 e. The van der Waals surface area contributed by atoms with Crippen LogP contribution in [-0.2, 0) is 33.6 Å². The highest BCUT2D eigenvalue weighted by Crippen LogP contribution is 2.27. The molecule has 1 aromatic rings. The van der Waals surface area contributed by atoms with Gasteiger partial charge in [-0.25, -0.2) is 0 Å². The second kappa shape index (κ2) is 33.1. The number of aromatic hydroxyl groups is 1. The van der Waals surface area contributed by atoms with Crippen molar-refractivity contribution in [1.29, 1.82) is 0 Å². The number of phenols is 1. The van der Waals surface area contributed by atoms with Crippen LogP contribution in [0.5, 0.6) is 5.75 Å². The second-order valence-corrected chi connectivity index (χ2v) is 22.6. The molecule has 3 heterocycles. The van der Waals surface area contributed by atoms with Crippen molar-refractivity contribution in [2.75, 3.05) is 32.7 Å². The lowest BCUT2D eigenvalue weighted by molar-refractivity contribution is -0.148. The Balaban J connectivity index is 1.76. The van der Waals surface area contributed by atoms with E-state index in [2.05, 4.69) is 58.0 Å². The number of nitrogens with two attached hydrogens (primary N) is 1. The van der Waals surface area contributed by atoms with Crippen LogP contribution < -0.4 is 43.0 Å². The van der Waals surface area contributed by atoms with Gasteiger partial charge in [0, 0.05) is 51.5 Å². The summed E-state index contributed by atoms with van der Waals surface area (Å²) >= 11 is 0. The van der Waals surface area contributed by atoms with Crippen molar-refractivity contribution >= 4 is 41.4 Å². The number of nitrogens with one attached hydrogen (secondary N) is 7. The number of phenolic OH excluding ortho intramolecular Hbond substituents is 1. The van der Waals surface area contributed by atoms with E-state index in [1.807, 2.05) is 13.8 Å². The van der Waals surface area contributed by atoms with E-state index in [0.717, 1.165) is 54.7 Å². The molecule has 0 aromatic heterocycles. The minimum atomic E-state index is -2.28. The summed E-state index contributed by atoms with van der Waals surface area (Å²) in [6.07, 6.45) is -6.79. The van der Waals surface area contributed by atoms with Gasteiger partial charge in [0.05, 0.1) is 30.5 Å². The van der Waals surface area contributed by atoms with Gasteiger partial charge < -0.3 is 88.3 Å². The number of hydrogen-bond donors (Lipinski definition) is 16. The van der Waals surface area contributed by atoms with E-state index in [9.17, 15) is 74.4 Å². The van der Waals surface area contributed by atoms with Gasteiger partial charge in [-0.1, -0.05) is 91.7 Å². The molecule has 0 saturated carbocycles. The van der Waals surface area contributed by atoms with Crippen LogP contribution in [-0.4, -0.2) is 210 Å². The largest absolute Gasteiger partial charge is 0.508 e. The van der Waals surface area contributed by atoms with Crippen molar-refractivity contribution in [3.05, 3.63) is 29.8 Å². The van der Waals surface area contributed by atoms with Crippen LogP contribution in [0.1, 0.15) is 143 Å². The number of nitrogens with zero attached hydrogens (tertiary/aromatic N) is 2. The van der Waals surface area contributed by atoms with E-state index in [1.54, 1.807) is 0 Å². The van der Waals surface area contributed by atoms with Gasteiger partial charge in [-0.3, -0.25) is 38.9 Å². The lowest BCUT2D eigenvalue weighted by Gasteiger charge is -2.35. The fraction of sp³-hybridized carbons (Fsp3) is 0.764. The van der Waals surface area contributed by atoms with Gasteiger partial charge in [0.25, 0.3) is 0 Å². The lowest BCUT2D eigenvalue weighted by atomic mass is 9.91. The Morgan fingerprint density at radius 3 is 1.98 bits per heavy atom. The summed E-state index contributed by atoms with van der Waals surface area (Å²) in [7, 11) is 0. The molecule has 25 heteroatoms. The minimum absolute atomic E-state index is 0.0181. The molecule has 25 nitrogen and oxygen atoms in total. The number of rotatable bonds is 25. The first-order chi connectivity index (χ1) is 37.9. The Bertz CT molecular complexity index is 2140. The molecule has 4 rings (SSSR count). The molecule has 0 radical (unpaired) electrons. The molecule has 17 N–H and O–H groups in total. The number of unbranched alkanes of at least 4 members (excludes halogenated alkanes) is 5. The fourth-order valence-electron chi connectivity index (χ4n) is 10.6. The van der Waals surface area contributed by atoms with E-state index in [1.165, 1.54) is 37.6 Å². The Hall–Kier alpha value is -5.09. The number of amides is 7. The first-order valence-electron chi connectivity index (χ1n) is 28.7. The monoisotopic (exact) mass is 1130 g/mol. The van der Waals surface area contributed by atoms with Gasteiger partial charge in [-0.15, -0.1) is 0 Å². The van der Waals surface area contributed by atoms with Crippen LogP contribution in [0.25, 0.3) is 0 Å². The maximum absolute atomic E-state index is 14.7. The minimum Gasteiger partial charge on any atom is -0.508 e. The zero-order chi connectivity index (χ0) is 59.4. The SMILES string of the molecule is CCC(C)CC(C)CCCCCCCCC(=O)NC1CC(O)C(NCCNC(C)C)NC(=O)C2C(O)CCN2C(=O)C(C(O)CCN)NC(=O)C(C(O)C(O)c2ccc(O)cc2)NC(=O)C2CC(O)CN2C(=O)C(C(C)O)NC1=O. The molecular weight excluding hydrogens is 1040 g/mol. The molecule has 3 aliphatic heterocycles. The summed E-state index contributed by atoms with van der Waals surface area (Å²) in [5.74, 6) is -6.34. The van der Waals surface area contributed by atoms with Gasteiger partial charge >= 0.3 is 0 Å². The summed E-state index contributed by atoms with van der Waals surface area (Å²) in [5.41, 5.74) is 5.73. The number of hydrogen-bond acceptors (Lipinski definition) is 18. The molecule has 1 aromatic carbocycles. The molecule has 0 spiro atoms. The number of carbonyl (C=O) groups excluding carboxylic acids is 7. The normalized spacial score (nSPS) is 28.1. The molecule has 3 fully saturated rings. The number of aliphatic hydroxyl groups excluding tert-OH is 7. The Kier molecular flexibility index (Phi) is 27.9. The van der Waals surface area contributed by atoms with E-state index in [-0.39, 0.29) is 56.3 Å². The van der Waals surface area contributed by atoms with Crippen LogP contribution >= 0.6 is 0 Å². The van der Waals surface area contributed by atoms with Crippen LogP contribution in [0, 0.1) is 11.8 Å². The summed E-state index contributed by atoms with van der Waals surface area (Å²) < 4.78 is 0. The summed E-state index contributed by atoms with van der Waals surface area (Å²) in [6, 6.07) is -6.32. The van der Waals surface area contributed by atoms with E-state index < -0.39 is 146 Å². The Morgan fingerprint density at radius 1 is 0.713 bits per heavy atom. The maximum atomic E-state index is 14.7. The van der Waals surface area contributed by atoms with Gasteiger partial charge in [-0.2, -0.15) is 0 Å². The highest BCUT2D eigenvalue weighted by Gasteiger charge is 2.49. The average molecular weight is 1140 g/mol. The number of aliphatic hydroxyl groups is 7. The zero-order valence-corrected chi connectivity index (χ0v) is 47.5. The van der Waals surface area contributed by atoms with Gasteiger partial charge in [0.1, 0.15) is 60.4 Å². The Morgan fingerprint density at radius 2 is 1.34 bits per heavy atom. The van der Waals surface area contributed by atoms with Gasteiger partial charge in [0.15, 0.2) is 0 Å². The van der Waals surface area contributed by atoms with Crippen molar-refractivity contribution in [2.45, 2.75) is 223 Å². The molecular formula is C55H94N10O15. The molecule has 80 heavy (non-hydrogen) atoms. The first kappa shape index (κ1) is 67.4. The van der Waals surface area contributed by atoms with Crippen LogP contribution in [0.15, 0.2) is 24.3 Å². The van der Waals surface area contributed by atoms with E-state index in [0.29, 0.717) is 24.8 Å². The summed E-state index contributed by atoms with van der Waals surface area (Å²) in [5, 5.41) is 109. The second-order valence-electron chi connectivity index (χ2n) is 22.6. The molecule has 3 saturated heterocycles. The van der Waals surface area contributed by atoms with Gasteiger partial charge in [-0.05, 0) is 68.7 Å². The highest BCUT2D eigenvalue weighted by molar-refractivity contribution is 5.98.